The first-order chi connectivity index (χ1) is 11.7. The number of hydrogen-bond donors (Lipinski definition) is 3. The number of ether oxygens (including phenoxy) is 1. The highest BCUT2D eigenvalue weighted by Gasteiger charge is 2.20. The topological polar surface area (TPSA) is 104 Å². The van der Waals surface area contributed by atoms with Gasteiger partial charge in [-0.05, 0) is 49.4 Å². The van der Waals surface area contributed by atoms with Crippen molar-refractivity contribution in [3.8, 4) is 17.0 Å². The molecule has 1 atom stereocenters. The first-order valence-electron chi connectivity index (χ1n) is 8.05. The van der Waals surface area contributed by atoms with Gasteiger partial charge in [0.2, 0.25) is 0 Å². The van der Waals surface area contributed by atoms with Gasteiger partial charge in [-0.15, -0.1) is 0 Å². The number of fused-ring (bicyclic) bond motifs is 1. The summed E-state index contributed by atoms with van der Waals surface area (Å²) in [5.74, 6) is 0.595. The number of nitrogens with one attached hydrogen (secondary N) is 2. The minimum Gasteiger partial charge on any atom is -0.508 e. The number of nitrogens with zero attached hydrogens (tertiary/aromatic N) is 2. The second-order valence-electron chi connectivity index (χ2n) is 6.13. The van der Waals surface area contributed by atoms with E-state index in [2.05, 4.69) is 19.9 Å². The van der Waals surface area contributed by atoms with Crippen molar-refractivity contribution < 1.29 is 9.84 Å². The Morgan fingerprint density at radius 2 is 1.92 bits per heavy atom. The quantitative estimate of drug-likeness (QED) is 0.683. The summed E-state index contributed by atoms with van der Waals surface area (Å²) in [5.41, 5.74) is 3.00. The van der Waals surface area contributed by atoms with Crippen molar-refractivity contribution in [3.63, 3.8) is 0 Å². The minimum atomic E-state index is -0.320. The minimum absolute atomic E-state index is 0.199. The smallest absolute Gasteiger partial charge is 0.326 e. The molecule has 0 amide bonds. The average molecular weight is 326 g/mol. The van der Waals surface area contributed by atoms with E-state index >= 15 is 0 Å². The molecule has 1 aliphatic heterocycles. The lowest BCUT2D eigenvalue weighted by Crippen LogP contribution is -2.20. The van der Waals surface area contributed by atoms with Crippen molar-refractivity contribution in [2.45, 2.75) is 19.3 Å². The fourth-order valence-corrected chi connectivity index (χ4v) is 3.13. The molecule has 3 heterocycles. The SMILES string of the molecule is O=c1[nH]c2nc(CC3CCCOC3)c(-c3ccc(O)cc3)nc2[nH]1. The molecule has 1 aliphatic rings. The molecule has 2 aromatic heterocycles. The summed E-state index contributed by atoms with van der Waals surface area (Å²) in [6, 6.07) is 6.84. The number of benzene rings is 1. The average Bonchev–Trinajstić information content (AvgIpc) is 2.95. The fourth-order valence-electron chi connectivity index (χ4n) is 3.13. The summed E-state index contributed by atoms with van der Waals surface area (Å²) >= 11 is 0. The van der Waals surface area contributed by atoms with Gasteiger partial charge in [0.05, 0.1) is 11.4 Å². The monoisotopic (exact) mass is 326 g/mol. The summed E-state index contributed by atoms with van der Waals surface area (Å²) in [6.07, 6.45) is 2.89. The van der Waals surface area contributed by atoms with Crippen molar-refractivity contribution in [1.82, 2.24) is 19.9 Å². The second-order valence-corrected chi connectivity index (χ2v) is 6.13. The van der Waals surface area contributed by atoms with E-state index in [-0.39, 0.29) is 11.4 Å². The summed E-state index contributed by atoms with van der Waals surface area (Å²) in [5, 5.41) is 9.50. The number of imidazole rings is 1. The van der Waals surface area contributed by atoms with Crippen LogP contribution in [-0.4, -0.2) is 38.3 Å². The van der Waals surface area contributed by atoms with Crippen LogP contribution in [0.2, 0.25) is 0 Å². The molecule has 1 aromatic carbocycles. The Balaban J connectivity index is 1.80. The number of aromatic amines is 2. The molecule has 24 heavy (non-hydrogen) atoms. The van der Waals surface area contributed by atoms with Crippen LogP contribution in [0.25, 0.3) is 22.6 Å². The lowest BCUT2D eigenvalue weighted by atomic mass is 9.94. The van der Waals surface area contributed by atoms with E-state index in [1.807, 2.05) is 0 Å². The normalized spacial score (nSPS) is 18.1. The number of aromatic nitrogens is 4. The standard InChI is InChI=1S/C17H18N4O3/c22-12-5-3-11(4-6-12)14-13(8-10-2-1-7-24-9-10)18-15-16(19-14)21-17(23)20-15/h3-6,10,22H,1-2,7-9H2,(H2,18,19,20,21,23). The van der Waals surface area contributed by atoms with E-state index in [0.29, 0.717) is 17.2 Å². The highest BCUT2D eigenvalue weighted by molar-refractivity contribution is 5.72. The molecule has 0 bridgehead atoms. The van der Waals surface area contributed by atoms with E-state index < -0.39 is 0 Å². The largest absolute Gasteiger partial charge is 0.508 e. The van der Waals surface area contributed by atoms with Crippen molar-refractivity contribution in [2.75, 3.05) is 13.2 Å². The molecular weight excluding hydrogens is 308 g/mol. The van der Waals surface area contributed by atoms with Gasteiger partial charge in [-0.2, -0.15) is 0 Å². The first-order valence-corrected chi connectivity index (χ1v) is 8.05. The Morgan fingerprint density at radius 3 is 2.62 bits per heavy atom. The number of phenolic OH excluding ortho intramolecular Hbond substituents is 1. The van der Waals surface area contributed by atoms with E-state index in [4.69, 9.17) is 4.74 Å². The molecule has 4 rings (SSSR count). The van der Waals surface area contributed by atoms with Gasteiger partial charge in [0.25, 0.3) is 0 Å². The van der Waals surface area contributed by atoms with Crippen LogP contribution in [0, 0.1) is 5.92 Å². The number of aromatic hydroxyl groups is 1. The number of rotatable bonds is 3. The zero-order valence-corrected chi connectivity index (χ0v) is 13.1. The number of H-pyrrole nitrogens is 2. The third kappa shape index (κ3) is 2.90. The van der Waals surface area contributed by atoms with Gasteiger partial charge in [0.1, 0.15) is 5.75 Å². The highest BCUT2D eigenvalue weighted by Crippen LogP contribution is 2.27. The number of hydrogen-bond acceptors (Lipinski definition) is 5. The zero-order chi connectivity index (χ0) is 16.5. The molecule has 3 aromatic rings. The maximum Gasteiger partial charge on any atom is 0.326 e. The van der Waals surface area contributed by atoms with Crippen molar-refractivity contribution in [3.05, 3.63) is 40.4 Å². The molecule has 1 fully saturated rings. The molecular formula is C17H18N4O3. The van der Waals surface area contributed by atoms with Gasteiger partial charge in [0.15, 0.2) is 11.3 Å². The molecule has 3 N–H and O–H groups in total. The third-order valence-corrected chi connectivity index (χ3v) is 4.31. The molecule has 0 spiro atoms. The molecule has 1 unspecified atom stereocenters. The summed E-state index contributed by atoms with van der Waals surface area (Å²) in [6.45, 7) is 1.54. The fraction of sp³-hybridized carbons (Fsp3) is 0.353. The van der Waals surface area contributed by atoms with Crippen LogP contribution in [0.1, 0.15) is 18.5 Å². The van der Waals surface area contributed by atoms with Gasteiger partial charge in [0, 0.05) is 18.8 Å². The predicted molar refractivity (Wildman–Crippen MR) is 88.9 cm³/mol. The van der Waals surface area contributed by atoms with Gasteiger partial charge in [-0.25, -0.2) is 14.8 Å². The molecule has 0 aliphatic carbocycles. The Morgan fingerprint density at radius 1 is 1.17 bits per heavy atom. The Kier molecular flexibility index (Phi) is 3.78. The van der Waals surface area contributed by atoms with Crippen LogP contribution in [0.3, 0.4) is 0 Å². The maximum atomic E-state index is 11.5. The van der Waals surface area contributed by atoms with Gasteiger partial charge in [-0.3, -0.25) is 9.97 Å². The van der Waals surface area contributed by atoms with Crippen LogP contribution in [0.4, 0.5) is 0 Å². The predicted octanol–water partition coefficient (Wildman–Crippen LogP) is 1.99. The van der Waals surface area contributed by atoms with Crippen LogP contribution in [0.15, 0.2) is 29.1 Å². The third-order valence-electron chi connectivity index (χ3n) is 4.31. The van der Waals surface area contributed by atoms with E-state index in [1.165, 1.54) is 0 Å². The van der Waals surface area contributed by atoms with Crippen molar-refractivity contribution in [1.29, 1.82) is 0 Å². The lowest BCUT2D eigenvalue weighted by Gasteiger charge is -2.22. The highest BCUT2D eigenvalue weighted by atomic mass is 16.5. The molecule has 124 valence electrons. The number of phenols is 1. The van der Waals surface area contributed by atoms with Crippen molar-refractivity contribution >= 4 is 11.3 Å². The summed E-state index contributed by atoms with van der Waals surface area (Å²) in [7, 11) is 0. The molecule has 0 saturated carbocycles. The van der Waals surface area contributed by atoms with Crippen LogP contribution >= 0.6 is 0 Å². The van der Waals surface area contributed by atoms with Crippen LogP contribution in [-0.2, 0) is 11.2 Å². The van der Waals surface area contributed by atoms with Crippen LogP contribution in [0.5, 0.6) is 5.75 Å². The van der Waals surface area contributed by atoms with E-state index in [0.717, 1.165) is 49.4 Å². The lowest BCUT2D eigenvalue weighted by molar-refractivity contribution is 0.0547. The molecule has 7 heteroatoms. The first kappa shape index (κ1) is 14.9. The molecule has 0 radical (unpaired) electrons. The zero-order valence-electron chi connectivity index (χ0n) is 13.1. The molecule has 1 saturated heterocycles. The Labute approximate surface area is 137 Å². The summed E-state index contributed by atoms with van der Waals surface area (Å²) < 4.78 is 5.56. The van der Waals surface area contributed by atoms with Gasteiger partial charge < -0.3 is 9.84 Å². The Hall–Kier alpha value is -2.67. The van der Waals surface area contributed by atoms with E-state index in [1.54, 1.807) is 24.3 Å². The molecule has 7 nitrogen and oxygen atoms in total. The van der Waals surface area contributed by atoms with Crippen molar-refractivity contribution in [2.24, 2.45) is 5.92 Å². The summed E-state index contributed by atoms with van der Waals surface area (Å²) in [4.78, 5) is 26.1. The van der Waals surface area contributed by atoms with Gasteiger partial charge in [-0.1, -0.05) is 0 Å². The Bertz CT molecular complexity index is 908. The maximum absolute atomic E-state index is 11.5. The van der Waals surface area contributed by atoms with Gasteiger partial charge >= 0.3 is 5.69 Å². The second kappa shape index (κ2) is 6.09. The van der Waals surface area contributed by atoms with E-state index in [9.17, 15) is 9.90 Å². The van der Waals surface area contributed by atoms with Crippen LogP contribution < -0.4 is 5.69 Å².